The first-order chi connectivity index (χ1) is 15.5. The summed E-state index contributed by atoms with van der Waals surface area (Å²) in [5.41, 5.74) is 2.27. The van der Waals surface area contributed by atoms with Gasteiger partial charge in [0.2, 0.25) is 0 Å². The van der Waals surface area contributed by atoms with Crippen LogP contribution in [0.5, 0.6) is 0 Å². The monoisotopic (exact) mass is 482 g/mol. The summed E-state index contributed by atoms with van der Waals surface area (Å²) in [6.07, 6.45) is 10.7. The van der Waals surface area contributed by atoms with Gasteiger partial charge in [-0.05, 0) is 31.6 Å². The van der Waals surface area contributed by atoms with Crippen LogP contribution in [0.15, 0.2) is 12.2 Å². The molecule has 7 heteroatoms. The van der Waals surface area contributed by atoms with Gasteiger partial charge in [0.15, 0.2) is 0 Å². The van der Waals surface area contributed by atoms with Crippen molar-refractivity contribution >= 4 is 14.0 Å². The Morgan fingerprint density at radius 2 is 1.85 bits per heavy atom. The molecule has 0 radical (unpaired) electrons. The molecule has 33 heavy (non-hydrogen) atoms. The zero-order chi connectivity index (χ0) is 24.9. The molecule has 1 aliphatic rings. The third-order valence-electron chi connectivity index (χ3n) is 6.15. The number of hydrogen-bond acceptors (Lipinski definition) is 5. The smallest absolute Gasteiger partial charge is 0.329 e. The third-order valence-corrected chi connectivity index (χ3v) is 7.02. The number of rotatable bonds is 15. The zero-order valence-corrected chi connectivity index (χ0v) is 22.1. The quantitative estimate of drug-likeness (QED) is 0.121. The number of aliphatic hydroxyl groups is 3. The predicted molar refractivity (Wildman–Crippen MR) is 135 cm³/mol. The van der Waals surface area contributed by atoms with Crippen molar-refractivity contribution in [3.05, 3.63) is 12.2 Å². The lowest BCUT2D eigenvalue weighted by molar-refractivity contribution is -0.142. The third kappa shape index (κ3) is 12.7. The Bertz CT molecular complexity index is 662. The first-order valence-electron chi connectivity index (χ1n) is 12.6. The van der Waals surface area contributed by atoms with Gasteiger partial charge in [0.1, 0.15) is 20.3 Å². The molecule has 0 bridgehead atoms. The molecule has 190 valence electrons. The number of aliphatic carboxylic acids is 1. The van der Waals surface area contributed by atoms with Gasteiger partial charge in [0.25, 0.3) is 0 Å². The zero-order valence-electron chi connectivity index (χ0n) is 21.1. The van der Waals surface area contributed by atoms with E-state index in [9.17, 15) is 20.1 Å². The molecular formula is C26H46O6Si. The van der Waals surface area contributed by atoms with Crippen LogP contribution in [0.3, 0.4) is 0 Å². The molecule has 4 N–H and O–H groups in total. The second-order valence-electron chi connectivity index (χ2n) is 10.5. The number of unbranched alkanes of at least 4 members (excludes halogenated alkanes) is 4. The summed E-state index contributed by atoms with van der Waals surface area (Å²) in [6, 6.07) is 0. The molecule has 1 aliphatic carbocycles. The molecule has 0 aliphatic heterocycles. The second kappa shape index (κ2) is 15.0. The molecule has 0 saturated heterocycles. The van der Waals surface area contributed by atoms with Crippen LogP contribution in [-0.4, -0.2) is 65.5 Å². The summed E-state index contributed by atoms with van der Waals surface area (Å²) in [7, 11) is -1.61. The van der Waals surface area contributed by atoms with Gasteiger partial charge in [0, 0.05) is 25.4 Å². The van der Waals surface area contributed by atoms with Crippen molar-refractivity contribution in [3.8, 4) is 11.5 Å². The standard InChI is InChI=1S/C26H46O6Si/c1-5-6-7-9-14-26(31,16-18-33(2,3)4)15-11-13-22-21(23(27)19-24(22)28)12-8-10-17-32-20-25(29)30/h11,13,21-24,27-28,31H,5-10,12,14-15,17,19-20H2,1-4H3,(H,29,30)/t21-,22-,23+,24-,26?/m1/s1. The number of aliphatic hydroxyl groups excluding tert-OH is 2. The van der Waals surface area contributed by atoms with E-state index in [2.05, 4.69) is 38.0 Å². The van der Waals surface area contributed by atoms with Gasteiger partial charge in [-0.2, -0.15) is 0 Å². The van der Waals surface area contributed by atoms with E-state index in [0.717, 1.165) is 38.5 Å². The summed E-state index contributed by atoms with van der Waals surface area (Å²) in [6.45, 7) is 8.75. The fourth-order valence-corrected chi connectivity index (χ4v) is 4.91. The lowest BCUT2D eigenvalue weighted by Gasteiger charge is -2.23. The van der Waals surface area contributed by atoms with E-state index in [1.807, 2.05) is 12.2 Å². The Kier molecular flexibility index (Phi) is 13.5. The van der Waals surface area contributed by atoms with E-state index in [1.54, 1.807) is 0 Å². The van der Waals surface area contributed by atoms with Crippen molar-refractivity contribution in [3.63, 3.8) is 0 Å². The first-order valence-corrected chi connectivity index (χ1v) is 16.1. The maximum atomic E-state index is 11.2. The van der Waals surface area contributed by atoms with Gasteiger partial charge in [-0.15, -0.1) is 5.54 Å². The van der Waals surface area contributed by atoms with Crippen LogP contribution in [0.1, 0.15) is 71.1 Å². The maximum absolute atomic E-state index is 11.2. The fraction of sp³-hybridized carbons (Fsp3) is 0.808. The van der Waals surface area contributed by atoms with E-state index < -0.39 is 31.9 Å². The Balaban J connectivity index is 2.71. The lowest BCUT2D eigenvalue weighted by Crippen LogP contribution is -2.28. The van der Waals surface area contributed by atoms with Gasteiger partial charge >= 0.3 is 5.97 Å². The van der Waals surface area contributed by atoms with Crippen LogP contribution >= 0.6 is 0 Å². The van der Waals surface area contributed by atoms with Gasteiger partial charge in [-0.1, -0.05) is 70.3 Å². The number of carbonyl (C=O) groups is 1. The van der Waals surface area contributed by atoms with Crippen LogP contribution < -0.4 is 0 Å². The predicted octanol–water partition coefficient (Wildman–Crippen LogP) is 4.14. The largest absolute Gasteiger partial charge is 0.480 e. The van der Waals surface area contributed by atoms with E-state index in [4.69, 9.17) is 9.84 Å². The Morgan fingerprint density at radius 3 is 2.48 bits per heavy atom. The summed E-state index contributed by atoms with van der Waals surface area (Å²) in [5.74, 6) is 1.99. The molecule has 1 fully saturated rings. The Labute approximate surface area is 201 Å². The highest BCUT2D eigenvalue weighted by molar-refractivity contribution is 6.83. The molecule has 0 aromatic carbocycles. The Hall–Kier alpha value is -1.17. The van der Waals surface area contributed by atoms with Gasteiger partial charge in [-0.25, -0.2) is 4.79 Å². The first kappa shape index (κ1) is 29.9. The normalized spacial score (nSPS) is 25.1. The van der Waals surface area contributed by atoms with Crippen molar-refractivity contribution in [2.45, 2.75) is 109 Å². The molecule has 1 saturated carbocycles. The van der Waals surface area contributed by atoms with Crippen molar-refractivity contribution in [2.75, 3.05) is 13.2 Å². The molecule has 0 aromatic heterocycles. The minimum Gasteiger partial charge on any atom is -0.480 e. The topological polar surface area (TPSA) is 107 Å². The van der Waals surface area contributed by atoms with Gasteiger partial charge in [0.05, 0.1) is 12.2 Å². The highest BCUT2D eigenvalue weighted by Gasteiger charge is 2.39. The van der Waals surface area contributed by atoms with Crippen LogP contribution in [0.2, 0.25) is 19.6 Å². The number of ether oxygens (including phenoxy) is 1. The van der Waals surface area contributed by atoms with Crippen molar-refractivity contribution in [2.24, 2.45) is 11.8 Å². The minimum absolute atomic E-state index is 0.0542. The summed E-state index contributed by atoms with van der Waals surface area (Å²) in [5, 5.41) is 40.8. The molecule has 1 rings (SSSR count). The number of carboxylic acid groups (broad SMARTS) is 1. The maximum Gasteiger partial charge on any atom is 0.329 e. The van der Waals surface area contributed by atoms with Crippen molar-refractivity contribution in [1.82, 2.24) is 0 Å². The van der Waals surface area contributed by atoms with E-state index in [0.29, 0.717) is 32.3 Å². The SMILES string of the molecule is CCCCCCC(O)(C#C[Si](C)(C)C)CC=C[C@@H]1[C@@H](CCCCOCC(=O)O)[C@@H](O)C[C@H]1O. The molecule has 1 unspecified atom stereocenters. The van der Waals surface area contributed by atoms with Gasteiger partial charge in [-0.3, -0.25) is 0 Å². The van der Waals surface area contributed by atoms with Crippen LogP contribution in [0.25, 0.3) is 0 Å². The summed E-state index contributed by atoms with van der Waals surface area (Å²) < 4.78 is 5.07. The Morgan fingerprint density at radius 1 is 1.12 bits per heavy atom. The molecule has 0 spiro atoms. The molecule has 0 heterocycles. The number of carboxylic acids is 1. The van der Waals surface area contributed by atoms with Crippen LogP contribution in [0.4, 0.5) is 0 Å². The fourth-order valence-electron chi connectivity index (χ4n) is 4.30. The average molecular weight is 483 g/mol. The summed E-state index contributed by atoms with van der Waals surface area (Å²) >= 11 is 0. The van der Waals surface area contributed by atoms with Gasteiger partial charge < -0.3 is 25.2 Å². The van der Waals surface area contributed by atoms with Crippen molar-refractivity contribution < 1.29 is 30.0 Å². The molecule has 0 aromatic rings. The van der Waals surface area contributed by atoms with E-state index in [1.165, 1.54) is 0 Å². The molecular weight excluding hydrogens is 436 g/mol. The van der Waals surface area contributed by atoms with Crippen LogP contribution in [0, 0.1) is 23.3 Å². The lowest BCUT2D eigenvalue weighted by atomic mass is 9.87. The van der Waals surface area contributed by atoms with Crippen molar-refractivity contribution in [1.29, 1.82) is 0 Å². The molecule has 0 amide bonds. The average Bonchev–Trinajstić information content (AvgIpc) is 2.98. The molecule has 5 atom stereocenters. The minimum atomic E-state index is -1.61. The van der Waals surface area contributed by atoms with E-state index in [-0.39, 0.29) is 18.4 Å². The highest BCUT2D eigenvalue weighted by atomic mass is 28.3. The second-order valence-corrected chi connectivity index (χ2v) is 15.3. The summed E-state index contributed by atoms with van der Waals surface area (Å²) in [4.78, 5) is 10.5. The molecule has 6 nitrogen and oxygen atoms in total. The highest BCUT2D eigenvalue weighted by Crippen LogP contribution is 2.37. The van der Waals surface area contributed by atoms with E-state index >= 15 is 0 Å². The van der Waals surface area contributed by atoms with Crippen LogP contribution in [-0.2, 0) is 9.53 Å². The number of hydrogen-bond donors (Lipinski definition) is 4.